The fourth-order valence-electron chi connectivity index (χ4n) is 4.97. The summed E-state index contributed by atoms with van der Waals surface area (Å²) >= 11 is 3.05. The third kappa shape index (κ3) is 6.90. The Bertz CT molecular complexity index is 1600. The van der Waals surface area contributed by atoms with Gasteiger partial charge in [-0.05, 0) is 110 Å². The molecule has 3 N–H and O–H groups in total. The lowest BCUT2D eigenvalue weighted by Gasteiger charge is -2.28. The molecule has 2 aliphatic heterocycles. The number of fused-ring (bicyclic) bond motifs is 1. The molecule has 3 heterocycles. The van der Waals surface area contributed by atoms with Crippen molar-refractivity contribution < 1.29 is 22.8 Å². The average Bonchev–Trinajstić information content (AvgIpc) is 3.37. The number of carbonyl (C=O) groups is 3. The van der Waals surface area contributed by atoms with Gasteiger partial charge in [0.2, 0.25) is 5.91 Å². The molecular weight excluding hydrogens is 677 g/mol. The van der Waals surface area contributed by atoms with Gasteiger partial charge in [0.05, 0.1) is 12.1 Å². The zero-order valence-corrected chi connectivity index (χ0v) is 26.2. The summed E-state index contributed by atoms with van der Waals surface area (Å²) in [6.07, 6.45) is 3.87. The van der Waals surface area contributed by atoms with Gasteiger partial charge in [-0.3, -0.25) is 9.59 Å². The number of likely N-dealkylation sites (tertiary alicyclic amines) is 1. The van der Waals surface area contributed by atoms with Gasteiger partial charge in [-0.15, -0.1) is 11.3 Å². The number of sulfonamides is 1. The van der Waals surface area contributed by atoms with Crippen molar-refractivity contribution in [3.8, 4) is 0 Å². The fourth-order valence-corrected chi connectivity index (χ4v) is 7.92. The number of amides is 4. The Kier molecular flexibility index (Phi) is 8.97. The van der Waals surface area contributed by atoms with E-state index in [9.17, 15) is 22.8 Å². The summed E-state index contributed by atoms with van der Waals surface area (Å²) in [4.78, 5) is 43.3. The van der Waals surface area contributed by atoms with Crippen molar-refractivity contribution >= 4 is 78.9 Å². The van der Waals surface area contributed by atoms with Crippen molar-refractivity contribution in [3.63, 3.8) is 0 Å². The number of rotatable bonds is 8. The lowest BCUT2D eigenvalue weighted by atomic mass is 9.97. The van der Waals surface area contributed by atoms with E-state index in [4.69, 9.17) is 0 Å². The number of piperidine rings is 1. The molecule has 41 heavy (non-hydrogen) atoms. The zero-order chi connectivity index (χ0) is 29.1. The smallest absolute Gasteiger partial charge is 0.333 e. The largest absolute Gasteiger partial charge is 0.384 e. The second kappa shape index (κ2) is 12.5. The summed E-state index contributed by atoms with van der Waals surface area (Å²) in [5, 5.41) is 5.91. The number of thiophene rings is 1. The SMILES string of the molecule is Cc1ccc(S(=O)(=O)NC(=O)Nc2ccc(N3C(=O)Cc4cc(NCCN5CCCCC5)ccc4C3=O)c(I)c2)s1. The van der Waals surface area contributed by atoms with E-state index in [-0.39, 0.29) is 16.5 Å². The van der Waals surface area contributed by atoms with Crippen molar-refractivity contribution in [2.24, 2.45) is 0 Å². The van der Waals surface area contributed by atoms with Gasteiger partial charge in [-0.25, -0.2) is 22.8 Å². The number of hydrogen-bond donors (Lipinski definition) is 3. The van der Waals surface area contributed by atoms with E-state index in [2.05, 4.69) is 15.5 Å². The van der Waals surface area contributed by atoms with Gasteiger partial charge >= 0.3 is 6.03 Å². The second-order valence-electron chi connectivity index (χ2n) is 10.0. The van der Waals surface area contributed by atoms with Crippen LogP contribution in [0.15, 0.2) is 52.7 Å². The van der Waals surface area contributed by atoms with Gasteiger partial charge in [0.1, 0.15) is 4.21 Å². The third-order valence-corrected chi connectivity index (χ3v) is 10.7. The van der Waals surface area contributed by atoms with Crippen LogP contribution in [0.5, 0.6) is 0 Å². The van der Waals surface area contributed by atoms with Crippen molar-refractivity contribution in [1.29, 1.82) is 0 Å². The van der Waals surface area contributed by atoms with Gasteiger partial charge < -0.3 is 15.5 Å². The molecule has 0 unspecified atom stereocenters. The molecular formula is C28H30IN5O5S2. The Labute approximate surface area is 256 Å². The van der Waals surface area contributed by atoms with E-state index in [0.29, 0.717) is 26.1 Å². The second-order valence-corrected chi connectivity index (χ2v) is 14.4. The Morgan fingerprint density at radius 3 is 2.46 bits per heavy atom. The summed E-state index contributed by atoms with van der Waals surface area (Å²) in [7, 11) is -4.00. The van der Waals surface area contributed by atoms with Crippen molar-refractivity contribution in [3.05, 3.63) is 68.1 Å². The minimum absolute atomic E-state index is 0.0397. The normalized spacial score (nSPS) is 15.9. The monoisotopic (exact) mass is 707 g/mol. The molecule has 0 aliphatic carbocycles. The number of aryl methyl sites for hydroxylation is 1. The molecule has 0 saturated carbocycles. The predicted octanol–water partition coefficient (Wildman–Crippen LogP) is 4.80. The van der Waals surface area contributed by atoms with Crippen molar-refractivity contribution in [2.75, 3.05) is 41.7 Å². The first-order valence-corrected chi connectivity index (χ1v) is 16.6. The molecule has 13 heteroatoms. The number of hydrogen-bond acceptors (Lipinski definition) is 8. The number of nitrogens with one attached hydrogen (secondary N) is 3. The summed E-state index contributed by atoms with van der Waals surface area (Å²) < 4.78 is 27.4. The summed E-state index contributed by atoms with van der Waals surface area (Å²) in [6, 6.07) is 12.3. The van der Waals surface area contributed by atoms with Crippen LogP contribution in [0.1, 0.15) is 40.1 Å². The number of anilines is 3. The number of halogens is 1. The molecule has 10 nitrogen and oxygen atoms in total. The van der Waals surface area contributed by atoms with Gasteiger partial charge in [-0.1, -0.05) is 6.42 Å². The topological polar surface area (TPSA) is 128 Å². The van der Waals surface area contributed by atoms with Crippen LogP contribution in [0.2, 0.25) is 0 Å². The molecule has 1 fully saturated rings. The highest BCUT2D eigenvalue weighted by Gasteiger charge is 2.33. The molecule has 2 aliphatic rings. The van der Waals surface area contributed by atoms with Crippen LogP contribution in [-0.2, 0) is 21.2 Å². The van der Waals surface area contributed by atoms with E-state index in [1.807, 2.05) is 39.4 Å². The van der Waals surface area contributed by atoms with Gasteiger partial charge in [-0.2, -0.15) is 0 Å². The Morgan fingerprint density at radius 2 is 1.76 bits per heavy atom. The molecule has 5 rings (SSSR count). The average molecular weight is 708 g/mol. The van der Waals surface area contributed by atoms with E-state index in [1.165, 1.54) is 31.4 Å². The lowest BCUT2D eigenvalue weighted by Crippen LogP contribution is -2.43. The van der Waals surface area contributed by atoms with Crippen LogP contribution >= 0.6 is 33.9 Å². The van der Waals surface area contributed by atoms with Crippen molar-refractivity contribution in [2.45, 2.75) is 36.8 Å². The molecule has 0 atom stereocenters. The Hall–Kier alpha value is -3.01. The van der Waals surface area contributed by atoms with Crippen LogP contribution in [0.4, 0.5) is 21.9 Å². The predicted molar refractivity (Wildman–Crippen MR) is 168 cm³/mol. The van der Waals surface area contributed by atoms with Gasteiger partial charge in [0.25, 0.3) is 15.9 Å². The van der Waals surface area contributed by atoms with E-state index in [1.54, 1.807) is 31.2 Å². The standard InChI is InChI=1S/C28H30IN5O5S2/c1-18-5-10-26(40-18)41(38,39)32-28(37)31-21-7-9-24(23(29)17-21)34-25(35)16-19-15-20(6-8-22(19)27(34)36)30-11-14-33-12-3-2-4-13-33/h5-10,15,17,30H,2-4,11-14,16H2,1H3,(H2,31,32,37). The fraction of sp³-hybridized carbons (Fsp3) is 0.321. The maximum atomic E-state index is 13.4. The quantitative estimate of drug-likeness (QED) is 0.227. The lowest BCUT2D eigenvalue weighted by molar-refractivity contribution is -0.117. The van der Waals surface area contributed by atoms with Gasteiger partial charge in [0, 0.05) is 38.5 Å². The molecule has 216 valence electrons. The van der Waals surface area contributed by atoms with Gasteiger partial charge in [0.15, 0.2) is 0 Å². The van der Waals surface area contributed by atoms with Crippen LogP contribution in [0.25, 0.3) is 0 Å². The number of benzene rings is 2. The van der Waals surface area contributed by atoms with E-state index < -0.39 is 22.0 Å². The highest BCUT2D eigenvalue weighted by Crippen LogP contribution is 2.32. The minimum atomic E-state index is -4.00. The number of urea groups is 1. The van der Waals surface area contributed by atoms with Crippen LogP contribution < -0.4 is 20.3 Å². The zero-order valence-electron chi connectivity index (χ0n) is 22.4. The van der Waals surface area contributed by atoms with E-state index >= 15 is 0 Å². The first-order valence-electron chi connectivity index (χ1n) is 13.3. The van der Waals surface area contributed by atoms with Crippen LogP contribution in [0.3, 0.4) is 0 Å². The Balaban J connectivity index is 1.23. The molecule has 1 aromatic heterocycles. The molecule has 4 amide bonds. The van der Waals surface area contributed by atoms with Crippen LogP contribution in [-0.4, -0.2) is 57.3 Å². The maximum Gasteiger partial charge on any atom is 0.333 e. The molecule has 0 radical (unpaired) electrons. The molecule has 1 saturated heterocycles. The molecule has 0 bridgehead atoms. The number of carbonyl (C=O) groups excluding carboxylic acids is 3. The molecule has 0 spiro atoms. The first-order chi connectivity index (χ1) is 19.6. The number of imide groups is 1. The highest BCUT2D eigenvalue weighted by molar-refractivity contribution is 14.1. The summed E-state index contributed by atoms with van der Waals surface area (Å²) in [6.45, 7) is 5.78. The summed E-state index contributed by atoms with van der Waals surface area (Å²) in [5.74, 6) is -0.758. The van der Waals surface area contributed by atoms with E-state index in [0.717, 1.165) is 53.0 Å². The van der Waals surface area contributed by atoms with Crippen LogP contribution in [0, 0.1) is 10.5 Å². The van der Waals surface area contributed by atoms with Crippen molar-refractivity contribution in [1.82, 2.24) is 9.62 Å². The highest BCUT2D eigenvalue weighted by atomic mass is 127. The minimum Gasteiger partial charge on any atom is -0.384 e. The third-order valence-electron chi connectivity index (χ3n) is 6.99. The summed E-state index contributed by atoms with van der Waals surface area (Å²) in [5.41, 5.74) is 2.74. The maximum absolute atomic E-state index is 13.4. The number of nitrogens with zero attached hydrogens (tertiary/aromatic N) is 2. The Morgan fingerprint density at radius 1 is 1.00 bits per heavy atom. The first kappa shape index (κ1) is 29.5. The molecule has 3 aromatic rings. The molecule has 2 aromatic carbocycles.